The number of nitro benzene ring substituents is 1. The zero-order chi connectivity index (χ0) is 20.0. The minimum Gasteiger partial charge on any atom is -0.493 e. The molecule has 1 unspecified atom stereocenters. The number of hydrogen-bond acceptors (Lipinski definition) is 7. The van der Waals surface area contributed by atoms with Gasteiger partial charge >= 0.3 is 5.97 Å². The molecular formula is C19H22N2O6. The Morgan fingerprint density at radius 2 is 1.81 bits per heavy atom. The van der Waals surface area contributed by atoms with E-state index >= 15 is 0 Å². The fraction of sp³-hybridized carbons (Fsp3) is 0.316. The van der Waals surface area contributed by atoms with Crippen LogP contribution in [0.2, 0.25) is 0 Å². The maximum absolute atomic E-state index is 11.5. The number of benzene rings is 2. The van der Waals surface area contributed by atoms with Crippen LogP contribution in [0.1, 0.15) is 24.0 Å². The summed E-state index contributed by atoms with van der Waals surface area (Å²) < 4.78 is 10.6. The molecule has 0 amide bonds. The van der Waals surface area contributed by atoms with Crippen molar-refractivity contribution in [3.8, 4) is 11.5 Å². The van der Waals surface area contributed by atoms with E-state index < -0.39 is 16.8 Å². The van der Waals surface area contributed by atoms with Crippen molar-refractivity contribution < 1.29 is 24.0 Å². The van der Waals surface area contributed by atoms with Crippen LogP contribution < -0.4 is 9.47 Å². The highest BCUT2D eigenvalue weighted by atomic mass is 16.7. The molecule has 2 aromatic carbocycles. The number of para-hydroxylation sites is 1. The number of carbonyl (C=O) groups is 1. The number of nitro groups is 1. The molecule has 0 saturated carbocycles. The Kier molecular flexibility index (Phi) is 6.73. The van der Waals surface area contributed by atoms with E-state index in [4.69, 9.17) is 14.3 Å². The summed E-state index contributed by atoms with van der Waals surface area (Å²) >= 11 is 0. The largest absolute Gasteiger partial charge is 0.493 e. The molecule has 0 aliphatic heterocycles. The maximum atomic E-state index is 11.5. The van der Waals surface area contributed by atoms with Crippen LogP contribution in [0.25, 0.3) is 0 Å². The molecule has 0 heterocycles. The number of hydroxylamine groups is 2. The number of carbonyl (C=O) groups excluding carboxylic acids is 1. The average Bonchev–Trinajstić information content (AvgIpc) is 2.65. The number of ether oxygens (including phenoxy) is 2. The molecule has 0 aliphatic carbocycles. The molecule has 8 nitrogen and oxygen atoms in total. The van der Waals surface area contributed by atoms with Crippen molar-refractivity contribution in [3.63, 3.8) is 0 Å². The highest BCUT2D eigenvalue weighted by molar-refractivity contribution is 5.65. The fourth-order valence-corrected chi connectivity index (χ4v) is 2.92. The number of hydrogen-bond donors (Lipinski definition) is 0. The molecule has 27 heavy (non-hydrogen) atoms. The predicted octanol–water partition coefficient (Wildman–Crippen LogP) is 3.15. The van der Waals surface area contributed by atoms with E-state index in [0.717, 1.165) is 5.56 Å². The number of methoxy groups -OCH3 is 2. The van der Waals surface area contributed by atoms with Gasteiger partial charge in [0.25, 0.3) is 5.69 Å². The summed E-state index contributed by atoms with van der Waals surface area (Å²) in [7, 11) is 4.65. The maximum Gasteiger partial charge on any atom is 0.322 e. The van der Waals surface area contributed by atoms with Crippen LogP contribution in [0.5, 0.6) is 11.5 Å². The predicted molar refractivity (Wildman–Crippen MR) is 98.9 cm³/mol. The van der Waals surface area contributed by atoms with Crippen molar-refractivity contribution in [3.05, 3.63) is 63.7 Å². The van der Waals surface area contributed by atoms with Gasteiger partial charge in [-0.25, -0.2) is 0 Å². The van der Waals surface area contributed by atoms with E-state index in [1.807, 2.05) is 6.07 Å². The minimum atomic E-state index is -0.467. The highest BCUT2D eigenvalue weighted by Gasteiger charge is 2.26. The van der Waals surface area contributed by atoms with Crippen LogP contribution in [-0.2, 0) is 9.63 Å². The van der Waals surface area contributed by atoms with Crippen molar-refractivity contribution in [1.82, 2.24) is 5.06 Å². The van der Waals surface area contributed by atoms with Gasteiger partial charge in [0, 0.05) is 38.1 Å². The number of rotatable bonds is 8. The smallest absolute Gasteiger partial charge is 0.322 e. The van der Waals surface area contributed by atoms with Crippen molar-refractivity contribution in [2.45, 2.75) is 12.8 Å². The summed E-state index contributed by atoms with van der Waals surface area (Å²) in [6.45, 7) is 1.52. The number of likely N-dealkylation sites (N-methyl/N-ethyl adjacent to an activating group) is 1. The normalized spacial score (nSPS) is 11.7. The molecule has 0 saturated heterocycles. The van der Waals surface area contributed by atoms with Crippen LogP contribution in [0.4, 0.5) is 5.69 Å². The molecular weight excluding hydrogens is 352 g/mol. The van der Waals surface area contributed by atoms with Gasteiger partial charge in [0.05, 0.1) is 19.1 Å². The molecule has 0 aromatic heterocycles. The zero-order valence-corrected chi connectivity index (χ0v) is 15.7. The molecule has 0 N–H and O–H groups in total. The summed E-state index contributed by atoms with van der Waals surface area (Å²) in [5.74, 6) is 0.159. The van der Waals surface area contributed by atoms with Gasteiger partial charge in [-0.1, -0.05) is 24.3 Å². The Morgan fingerprint density at radius 1 is 1.15 bits per heavy atom. The Bertz CT molecular complexity index is 824. The van der Waals surface area contributed by atoms with Gasteiger partial charge in [0.15, 0.2) is 11.5 Å². The average molecular weight is 374 g/mol. The summed E-state index contributed by atoms with van der Waals surface area (Å²) in [6, 6.07) is 11.8. The van der Waals surface area contributed by atoms with Crippen molar-refractivity contribution in [2.24, 2.45) is 0 Å². The van der Waals surface area contributed by atoms with Crippen molar-refractivity contribution in [2.75, 3.05) is 27.8 Å². The molecule has 0 spiro atoms. The number of nitrogens with zero attached hydrogens (tertiary/aromatic N) is 2. The van der Waals surface area contributed by atoms with E-state index in [1.165, 1.54) is 32.3 Å². The zero-order valence-electron chi connectivity index (χ0n) is 15.7. The molecule has 1 atom stereocenters. The van der Waals surface area contributed by atoms with Crippen LogP contribution >= 0.6 is 0 Å². The molecule has 2 rings (SSSR count). The van der Waals surface area contributed by atoms with E-state index in [-0.39, 0.29) is 12.2 Å². The third-order valence-corrected chi connectivity index (χ3v) is 4.04. The highest BCUT2D eigenvalue weighted by Crippen LogP contribution is 2.36. The molecule has 2 aromatic rings. The first-order valence-electron chi connectivity index (χ1n) is 8.22. The van der Waals surface area contributed by atoms with Crippen LogP contribution in [-0.4, -0.2) is 43.8 Å². The van der Waals surface area contributed by atoms with Gasteiger partial charge in [-0.15, -0.1) is 5.06 Å². The lowest BCUT2D eigenvalue weighted by molar-refractivity contribution is -0.385. The van der Waals surface area contributed by atoms with E-state index in [1.54, 1.807) is 37.4 Å². The van der Waals surface area contributed by atoms with Gasteiger partial charge in [-0.3, -0.25) is 14.9 Å². The molecule has 0 fully saturated rings. The first kappa shape index (κ1) is 20.2. The van der Waals surface area contributed by atoms with Gasteiger partial charge in [0.1, 0.15) is 0 Å². The van der Waals surface area contributed by atoms with Crippen molar-refractivity contribution >= 4 is 11.7 Å². The van der Waals surface area contributed by atoms with Gasteiger partial charge in [-0.2, -0.15) is 0 Å². The summed E-state index contributed by atoms with van der Waals surface area (Å²) in [6.07, 6.45) is 0. The van der Waals surface area contributed by atoms with E-state index in [2.05, 4.69) is 0 Å². The first-order valence-corrected chi connectivity index (χ1v) is 8.22. The Morgan fingerprint density at radius 3 is 2.41 bits per heavy atom. The van der Waals surface area contributed by atoms with Gasteiger partial charge < -0.3 is 14.3 Å². The molecule has 0 aliphatic rings. The lowest BCUT2D eigenvalue weighted by Gasteiger charge is -2.24. The lowest BCUT2D eigenvalue weighted by atomic mass is 9.89. The SMILES string of the molecule is COc1ccc(C(CN(C)OC(C)=O)c2ccccc2[N+](=O)[O-])cc1OC. The minimum absolute atomic E-state index is 0.00601. The van der Waals surface area contributed by atoms with Gasteiger partial charge in [0.2, 0.25) is 0 Å². The van der Waals surface area contributed by atoms with Crippen LogP contribution in [0.15, 0.2) is 42.5 Å². The Balaban J connectivity index is 2.54. The van der Waals surface area contributed by atoms with Gasteiger partial charge in [-0.05, 0) is 17.7 Å². The Hall–Kier alpha value is -3.13. The molecule has 0 radical (unpaired) electrons. The standard InChI is InChI=1S/C19H22N2O6/c1-13(22)27-20(2)12-16(15-7-5-6-8-17(15)21(23)24)14-9-10-18(25-3)19(11-14)26-4/h5-11,16H,12H2,1-4H3. The first-order chi connectivity index (χ1) is 12.9. The quantitative estimate of drug-likeness (QED) is 0.518. The second kappa shape index (κ2) is 9.00. The lowest BCUT2D eigenvalue weighted by Crippen LogP contribution is -2.28. The third-order valence-electron chi connectivity index (χ3n) is 4.04. The fourth-order valence-electron chi connectivity index (χ4n) is 2.92. The second-order valence-electron chi connectivity index (χ2n) is 5.88. The summed E-state index contributed by atoms with van der Waals surface area (Å²) in [5.41, 5.74) is 1.27. The van der Waals surface area contributed by atoms with Crippen molar-refractivity contribution in [1.29, 1.82) is 0 Å². The Labute approximate surface area is 157 Å². The topological polar surface area (TPSA) is 91.1 Å². The molecule has 144 valence electrons. The van der Waals surface area contributed by atoms with E-state index in [0.29, 0.717) is 17.1 Å². The van der Waals surface area contributed by atoms with Crippen LogP contribution in [0.3, 0.4) is 0 Å². The second-order valence-corrected chi connectivity index (χ2v) is 5.88. The van der Waals surface area contributed by atoms with E-state index in [9.17, 15) is 14.9 Å². The summed E-state index contributed by atoms with van der Waals surface area (Å²) in [4.78, 5) is 27.4. The summed E-state index contributed by atoms with van der Waals surface area (Å²) in [5, 5.41) is 12.9. The van der Waals surface area contributed by atoms with Crippen LogP contribution in [0, 0.1) is 10.1 Å². The molecule has 8 heteroatoms. The monoisotopic (exact) mass is 374 g/mol. The molecule has 0 bridgehead atoms. The third kappa shape index (κ3) is 4.95.